The number of hydrogen-bond acceptors (Lipinski definition) is 7. The number of aromatic carboxylic acids is 1. The summed E-state index contributed by atoms with van der Waals surface area (Å²) in [6.07, 6.45) is 1.32. The molecule has 29 heavy (non-hydrogen) atoms. The highest BCUT2D eigenvalue weighted by atomic mass is 19.1. The van der Waals surface area contributed by atoms with Crippen LogP contribution in [0.2, 0.25) is 0 Å². The first-order valence-corrected chi connectivity index (χ1v) is 9.80. The van der Waals surface area contributed by atoms with E-state index in [4.69, 9.17) is 0 Å². The van der Waals surface area contributed by atoms with E-state index in [2.05, 4.69) is 25.9 Å². The highest BCUT2D eigenvalue weighted by Crippen LogP contribution is 2.27. The second-order valence-corrected chi connectivity index (χ2v) is 6.93. The van der Waals surface area contributed by atoms with Gasteiger partial charge in [0.1, 0.15) is 11.4 Å². The normalized spacial score (nSPS) is 16.7. The van der Waals surface area contributed by atoms with Gasteiger partial charge in [-0.3, -0.25) is 0 Å². The van der Waals surface area contributed by atoms with Crippen molar-refractivity contribution in [3.63, 3.8) is 0 Å². The van der Waals surface area contributed by atoms with E-state index in [1.807, 2.05) is 4.90 Å². The Morgan fingerprint density at radius 2 is 1.69 bits per heavy atom. The topological polar surface area (TPSA) is 102 Å². The maximum Gasteiger partial charge on any atom is 0.339 e. The number of rotatable bonds is 3. The molecule has 4 rings (SSSR count). The summed E-state index contributed by atoms with van der Waals surface area (Å²) in [5, 5.41) is 19.1. The third kappa shape index (κ3) is 5.69. The fourth-order valence-electron chi connectivity index (χ4n) is 3.25. The summed E-state index contributed by atoms with van der Waals surface area (Å²) >= 11 is 0. The van der Waals surface area contributed by atoms with Crippen LogP contribution in [-0.4, -0.2) is 73.4 Å². The number of piperazine rings is 2. The number of nitrogens with one attached hydrogen (secondary N) is 3. The molecule has 2 aliphatic rings. The minimum Gasteiger partial charge on any atom is -0.478 e. The monoisotopic (exact) mass is 402 g/mol. The van der Waals surface area contributed by atoms with Crippen molar-refractivity contribution in [2.75, 3.05) is 57.3 Å². The van der Waals surface area contributed by atoms with Crippen LogP contribution >= 0.6 is 0 Å². The lowest BCUT2D eigenvalue weighted by Crippen LogP contribution is -2.44. The largest absolute Gasteiger partial charge is 0.478 e. The van der Waals surface area contributed by atoms with Gasteiger partial charge in [0.15, 0.2) is 0 Å². The number of benzene rings is 1. The Balaban J connectivity index is 0.000000343. The number of nitrogens with zero attached hydrogens (tertiary/aromatic N) is 3. The molecule has 2 fully saturated rings. The van der Waals surface area contributed by atoms with Gasteiger partial charge >= 0.3 is 5.97 Å². The zero-order valence-corrected chi connectivity index (χ0v) is 16.5. The van der Waals surface area contributed by atoms with Crippen molar-refractivity contribution < 1.29 is 14.3 Å². The molecule has 0 radical (unpaired) electrons. The molecule has 0 saturated carbocycles. The maximum absolute atomic E-state index is 13.3. The minimum atomic E-state index is -1.10. The molecule has 8 nitrogen and oxygen atoms in total. The van der Waals surface area contributed by atoms with Crippen molar-refractivity contribution in [3.8, 4) is 11.3 Å². The molecule has 9 heteroatoms. The van der Waals surface area contributed by atoms with E-state index in [0.29, 0.717) is 22.8 Å². The third-order valence-corrected chi connectivity index (χ3v) is 4.81. The smallest absolute Gasteiger partial charge is 0.339 e. The van der Waals surface area contributed by atoms with Gasteiger partial charge in [-0.15, -0.1) is 0 Å². The van der Waals surface area contributed by atoms with Crippen LogP contribution in [0.3, 0.4) is 0 Å². The molecular formula is C20H27FN6O2. The summed E-state index contributed by atoms with van der Waals surface area (Å²) in [7, 11) is 0. The van der Waals surface area contributed by atoms with Gasteiger partial charge in [-0.2, -0.15) is 0 Å². The standard InChI is InChI=1S/C16H17FN4O2.C4H10N2/c1-10-8-11(17)2-3-12(10)14-13(15(22)23)9-19-16(20-14)21-6-4-18-5-7-21;1-2-6-4-3-5-1/h2-3,8-9,18H,4-7H2,1H3,(H,22,23);5-6H,1-4H2. The maximum atomic E-state index is 13.3. The van der Waals surface area contributed by atoms with Gasteiger partial charge in [-0.1, -0.05) is 0 Å². The zero-order chi connectivity index (χ0) is 20.6. The van der Waals surface area contributed by atoms with Crippen molar-refractivity contribution in [1.82, 2.24) is 25.9 Å². The number of carboxylic acids is 1. The zero-order valence-electron chi connectivity index (χ0n) is 16.5. The molecule has 0 amide bonds. The van der Waals surface area contributed by atoms with Gasteiger partial charge in [-0.05, 0) is 30.7 Å². The molecule has 0 atom stereocenters. The summed E-state index contributed by atoms with van der Waals surface area (Å²) in [6, 6.07) is 4.23. The molecular weight excluding hydrogens is 375 g/mol. The van der Waals surface area contributed by atoms with E-state index >= 15 is 0 Å². The molecule has 2 saturated heterocycles. The van der Waals surface area contributed by atoms with E-state index in [1.54, 1.807) is 13.0 Å². The summed E-state index contributed by atoms with van der Waals surface area (Å²) in [5.41, 5.74) is 1.57. The van der Waals surface area contributed by atoms with Gasteiger partial charge in [0.2, 0.25) is 5.95 Å². The Kier molecular flexibility index (Phi) is 7.45. The minimum absolute atomic E-state index is 0.0126. The molecule has 0 spiro atoms. The van der Waals surface area contributed by atoms with Crippen molar-refractivity contribution in [2.24, 2.45) is 0 Å². The van der Waals surface area contributed by atoms with Gasteiger partial charge in [-0.25, -0.2) is 19.2 Å². The highest BCUT2D eigenvalue weighted by Gasteiger charge is 2.20. The number of carboxylic acid groups (broad SMARTS) is 1. The highest BCUT2D eigenvalue weighted by molar-refractivity contribution is 5.95. The SMILES string of the molecule is C1CNCCN1.Cc1cc(F)ccc1-c1nc(N2CCNCC2)ncc1C(=O)O. The molecule has 2 aliphatic heterocycles. The Hall–Kier alpha value is -2.62. The van der Waals surface area contributed by atoms with Crippen LogP contribution in [0.25, 0.3) is 11.3 Å². The Morgan fingerprint density at radius 1 is 1.07 bits per heavy atom. The Bertz CT molecular complexity index is 826. The Morgan fingerprint density at radius 3 is 2.24 bits per heavy atom. The summed E-state index contributed by atoms with van der Waals surface area (Å²) in [5.74, 6) is -0.967. The average molecular weight is 402 g/mol. The van der Waals surface area contributed by atoms with Gasteiger partial charge in [0.25, 0.3) is 0 Å². The lowest BCUT2D eigenvalue weighted by Gasteiger charge is -2.27. The molecule has 0 bridgehead atoms. The van der Waals surface area contributed by atoms with Gasteiger partial charge in [0, 0.05) is 64.1 Å². The molecule has 4 N–H and O–H groups in total. The Labute approximate surface area is 169 Å². The van der Waals surface area contributed by atoms with Crippen molar-refractivity contribution in [1.29, 1.82) is 0 Å². The first-order valence-electron chi connectivity index (χ1n) is 9.80. The molecule has 0 unspecified atom stereocenters. The predicted octanol–water partition coefficient (Wildman–Crippen LogP) is 0.878. The fourth-order valence-corrected chi connectivity index (χ4v) is 3.25. The summed E-state index contributed by atoms with van der Waals surface area (Å²) in [4.78, 5) is 22.1. The lowest BCUT2D eigenvalue weighted by molar-refractivity contribution is 0.0697. The number of halogens is 1. The van der Waals surface area contributed by atoms with Crippen LogP contribution in [0, 0.1) is 12.7 Å². The fraction of sp³-hybridized carbons (Fsp3) is 0.450. The van der Waals surface area contributed by atoms with Gasteiger partial charge in [0.05, 0.1) is 5.69 Å². The molecule has 0 aliphatic carbocycles. The number of carbonyl (C=O) groups is 1. The second kappa shape index (κ2) is 10.2. The van der Waals surface area contributed by atoms with Crippen molar-refractivity contribution >= 4 is 11.9 Å². The summed E-state index contributed by atoms with van der Waals surface area (Å²) < 4.78 is 13.3. The van der Waals surface area contributed by atoms with Crippen LogP contribution < -0.4 is 20.9 Å². The molecule has 156 valence electrons. The molecule has 1 aromatic heterocycles. The number of anilines is 1. The van der Waals surface area contributed by atoms with E-state index < -0.39 is 5.97 Å². The van der Waals surface area contributed by atoms with E-state index in [-0.39, 0.29) is 11.4 Å². The van der Waals surface area contributed by atoms with Crippen LogP contribution in [-0.2, 0) is 0 Å². The predicted molar refractivity (Wildman–Crippen MR) is 110 cm³/mol. The first-order chi connectivity index (χ1) is 14.1. The number of hydrogen-bond donors (Lipinski definition) is 4. The summed E-state index contributed by atoms with van der Waals surface area (Å²) in [6.45, 7) is 9.46. The number of aromatic nitrogens is 2. The van der Waals surface area contributed by atoms with Crippen molar-refractivity contribution in [3.05, 3.63) is 41.3 Å². The van der Waals surface area contributed by atoms with Gasteiger partial charge < -0.3 is 26.0 Å². The number of aryl methyl sites for hydroxylation is 1. The van der Waals surface area contributed by atoms with E-state index in [0.717, 1.165) is 52.4 Å². The molecule has 1 aromatic carbocycles. The molecule has 2 aromatic rings. The first kappa shape index (κ1) is 21.1. The van der Waals surface area contributed by atoms with Crippen LogP contribution in [0.4, 0.5) is 10.3 Å². The van der Waals surface area contributed by atoms with E-state index in [1.165, 1.54) is 18.3 Å². The lowest BCUT2D eigenvalue weighted by atomic mass is 10.0. The molecule has 3 heterocycles. The van der Waals surface area contributed by atoms with E-state index in [9.17, 15) is 14.3 Å². The average Bonchev–Trinajstić information content (AvgIpc) is 2.75. The van der Waals surface area contributed by atoms with Crippen LogP contribution in [0.15, 0.2) is 24.4 Å². The third-order valence-electron chi connectivity index (χ3n) is 4.81. The second-order valence-electron chi connectivity index (χ2n) is 6.93. The van der Waals surface area contributed by atoms with Crippen LogP contribution in [0.1, 0.15) is 15.9 Å². The van der Waals surface area contributed by atoms with Crippen LogP contribution in [0.5, 0.6) is 0 Å². The quantitative estimate of drug-likeness (QED) is 0.600. The van der Waals surface area contributed by atoms with Crippen molar-refractivity contribution in [2.45, 2.75) is 6.92 Å².